The first-order valence-corrected chi connectivity index (χ1v) is 9.22. The Balaban J connectivity index is 2.18. The normalized spacial score (nSPS) is 20.2. The lowest BCUT2D eigenvalue weighted by Gasteiger charge is -2.35. The Morgan fingerprint density at radius 1 is 1.20 bits per heavy atom. The van der Waals surface area contributed by atoms with E-state index in [1.807, 2.05) is 4.90 Å². The van der Waals surface area contributed by atoms with Crippen LogP contribution in [0.25, 0.3) is 0 Å². The smallest absolute Gasteiger partial charge is 0.256 e. The van der Waals surface area contributed by atoms with Gasteiger partial charge in [-0.15, -0.1) is 0 Å². The van der Waals surface area contributed by atoms with Crippen LogP contribution < -0.4 is 11.1 Å². The SMILES string of the molecule is C[C@@H]1C[C@H](C)CN(C(=O)c2cc(Br)ccc2NC(=O)CCC(N)=O)C1. The van der Waals surface area contributed by atoms with Gasteiger partial charge in [-0.25, -0.2) is 0 Å². The van der Waals surface area contributed by atoms with Crippen LogP contribution in [0.5, 0.6) is 0 Å². The van der Waals surface area contributed by atoms with Gasteiger partial charge >= 0.3 is 0 Å². The summed E-state index contributed by atoms with van der Waals surface area (Å²) < 4.78 is 0.768. The third kappa shape index (κ3) is 5.56. The van der Waals surface area contributed by atoms with E-state index >= 15 is 0 Å². The number of primary amides is 1. The summed E-state index contributed by atoms with van der Waals surface area (Å²) in [6.07, 6.45) is 1.09. The number of carbonyl (C=O) groups is 3. The molecular weight excluding hydrogens is 386 g/mol. The van der Waals surface area contributed by atoms with Crippen molar-refractivity contribution in [2.24, 2.45) is 17.6 Å². The highest BCUT2D eigenvalue weighted by molar-refractivity contribution is 9.10. The number of nitrogens with one attached hydrogen (secondary N) is 1. The maximum Gasteiger partial charge on any atom is 0.256 e. The molecule has 1 fully saturated rings. The van der Waals surface area contributed by atoms with Crippen molar-refractivity contribution in [1.82, 2.24) is 4.90 Å². The van der Waals surface area contributed by atoms with Gasteiger partial charge in [0.1, 0.15) is 0 Å². The van der Waals surface area contributed by atoms with Gasteiger partial charge in [0.25, 0.3) is 5.91 Å². The Bertz CT molecular complexity index is 668. The Labute approximate surface area is 156 Å². The zero-order valence-electron chi connectivity index (χ0n) is 14.5. The monoisotopic (exact) mass is 409 g/mol. The first-order chi connectivity index (χ1) is 11.8. The molecule has 0 bridgehead atoms. The molecule has 1 saturated heterocycles. The molecule has 0 spiro atoms. The van der Waals surface area contributed by atoms with Crippen LogP contribution in [0.3, 0.4) is 0 Å². The number of benzene rings is 1. The second kappa shape index (κ2) is 8.47. The number of hydrogen-bond donors (Lipinski definition) is 2. The van der Waals surface area contributed by atoms with E-state index in [1.54, 1.807) is 18.2 Å². The summed E-state index contributed by atoms with van der Waals surface area (Å²) in [5, 5.41) is 2.72. The molecule has 136 valence electrons. The van der Waals surface area contributed by atoms with E-state index in [2.05, 4.69) is 35.1 Å². The molecule has 1 aliphatic heterocycles. The van der Waals surface area contributed by atoms with Crippen LogP contribution in [-0.2, 0) is 9.59 Å². The van der Waals surface area contributed by atoms with Crippen molar-refractivity contribution >= 4 is 39.3 Å². The summed E-state index contributed by atoms with van der Waals surface area (Å²) in [5.74, 6) is -0.0547. The van der Waals surface area contributed by atoms with Gasteiger partial charge in [0.15, 0.2) is 0 Å². The average Bonchev–Trinajstić information content (AvgIpc) is 2.53. The van der Waals surface area contributed by atoms with Gasteiger partial charge < -0.3 is 16.0 Å². The van der Waals surface area contributed by atoms with Gasteiger partial charge in [-0.2, -0.15) is 0 Å². The highest BCUT2D eigenvalue weighted by atomic mass is 79.9. The van der Waals surface area contributed by atoms with Crippen molar-refractivity contribution in [1.29, 1.82) is 0 Å². The molecule has 1 heterocycles. The number of rotatable bonds is 5. The summed E-state index contributed by atoms with van der Waals surface area (Å²) in [4.78, 5) is 37.7. The zero-order valence-corrected chi connectivity index (χ0v) is 16.1. The number of hydrogen-bond acceptors (Lipinski definition) is 3. The van der Waals surface area contributed by atoms with E-state index < -0.39 is 5.91 Å². The maximum atomic E-state index is 13.0. The van der Waals surface area contributed by atoms with E-state index in [0.717, 1.165) is 10.9 Å². The fraction of sp³-hybridized carbons (Fsp3) is 0.500. The fourth-order valence-electron chi connectivity index (χ4n) is 3.25. The molecule has 7 heteroatoms. The van der Waals surface area contributed by atoms with Crippen molar-refractivity contribution in [3.63, 3.8) is 0 Å². The number of piperidine rings is 1. The van der Waals surface area contributed by atoms with E-state index in [0.29, 0.717) is 36.2 Å². The second-order valence-corrected chi connectivity index (χ2v) is 7.78. The minimum absolute atomic E-state index is 0.00316. The maximum absolute atomic E-state index is 13.0. The van der Waals surface area contributed by atoms with Gasteiger partial charge in [0, 0.05) is 30.4 Å². The molecule has 2 rings (SSSR count). The van der Waals surface area contributed by atoms with Crippen LogP contribution >= 0.6 is 15.9 Å². The molecule has 3 amide bonds. The molecular formula is C18H24BrN3O3. The first kappa shape index (κ1) is 19.4. The van der Waals surface area contributed by atoms with E-state index in [4.69, 9.17) is 5.73 Å². The highest BCUT2D eigenvalue weighted by Gasteiger charge is 2.27. The van der Waals surface area contributed by atoms with Crippen molar-refractivity contribution in [2.45, 2.75) is 33.1 Å². The minimum Gasteiger partial charge on any atom is -0.370 e. The van der Waals surface area contributed by atoms with Gasteiger partial charge in [-0.05, 0) is 36.5 Å². The van der Waals surface area contributed by atoms with Crippen molar-refractivity contribution < 1.29 is 14.4 Å². The largest absolute Gasteiger partial charge is 0.370 e. The second-order valence-electron chi connectivity index (χ2n) is 6.86. The lowest BCUT2D eigenvalue weighted by atomic mass is 9.91. The Kier molecular flexibility index (Phi) is 6.58. The molecule has 1 aliphatic rings. The van der Waals surface area contributed by atoms with Crippen LogP contribution in [0.1, 0.15) is 43.5 Å². The van der Waals surface area contributed by atoms with Gasteiger partial charge in [-0.3, -0.25) is 14.4 Å². The molecule has 25 heavy (non-hydrogen) atoms. The number of nitrogens with two attached hydrogens (primary N) is 1. The fourth-order valence-corrected chi connectivity index (χ4v) is 3.61. The summed E-state index contributed by atoms with van der Waals surface area (Å²) in [6.45, 7) is 5.71. The molecule has 6 nitrogen and oxygen atoms in total. The van der Waals surface area contributed by atoms with Gasteiger partial charge in [-0.1, -0.05) is 29.8 Å². The van der Waals surface area contributed by atoms with Gasteiger partial charge in [0.05, 0.1) is 11.3 Å². The molecule has 0 radical (unpaired) electrons. The lowest BCUT2D eigenvalue weighted by molar-refractivity contribution is -0.122. The number of anilines is 1. The molecule has 1 aromatic rings. The van der Waals surface area contributed by atoms with Crippen molar-refractivity contribution in [3.05, 3.63) is 28.2 Å². The third-order valence-electron chi connectivity index (χ3n) is 4.24. The molecule has 0 saturated carbocycles. The Morgan fingerprint density at radius 2 is 1.84 bits per heavy atom. The number of amides is 3. The predicted octanol–water partition coefficient (Wildman–Crippen LogP) is 2.77. The first-order valence-electron chi connectivity index (χ1n) is 8.43. The zero-order chi connectivity index (χ0) is 18.6. The van der Waals surface area contributed by atoms with Crippen LogP contribution in [0.15, 0.2) is 22.7 Å². The van der Waals surface area contributed by atoms with Crippen molar-refractivity contribution in [2.75, 3.05) is 18.4 Å². The summed E-state index contributed by atoms with van der Waals surface area (Å²) in [6, 6.07) is 5.17. The summed E-state index contributed by atoms with van der Waals surface area (Å²) in [5.41, 5.74) is 5.97. The number of carbonyl (C=O) groups excluding carboxylic acids is 3. The quantitative estimate of drug-likeness (QED) is 0.782. The summed E-state index contributed by atoms with van der Waals surface area (Å²) >= 11 is 3.38. The van der Waals surface area contributed by atoms with Crippen molar-refractivity contribution in [3.8, 4) is 0 Å². The van der Waals surface area contributed by atoms with E-state index in [9.17, 15) is 14.4 Å². The number of halogens is 1. The molecule has 1 aromatic carbocycles. The molecule has 0 aliphatic carbocycles. The lowest BCUT2D eigenvalue weighted by Crippen LogP contribution is -2.42. The van der Waals surface area contributed by atoms with Crippen LogP contribution in [-0.4, -0.2) is 35.7 Å². The average molecular weight is 410 g/mol. The van der Waals surface area contributed by atoms with Crippen LogP contribution in [0.4, 0.5) is 5.69 Å². The number of nitrogens with zero attached hydrogens (tertiary/aromatic N) is 1. The van der Waals surface area contributed by atoms with Crippen LogP contribution in [0, 0.1) is 11.8 Å². The highest BCUT2D eigenvalue weighted by Crippen LogP contribution is 2.27. The topological polar surface area (TPSA) is 92.5 Å². The third-order valence-corrected chi connectivity index (χ3v) is 4.73. The Morgan fingerprint density at radius 3 is 2.44 bits per heavy atom. The van der Waals surface area contributed by atoms with Gasteiger partial charge in [0.2, 0.25) is 11.8 Å². The molecule has 0 unspecified atom stereocenters. The minimum atomic E-state index is -0.529. The molecule has 2 atom stereocenters. The van der Waals surface area contributed by atoms with E-state index in [-0.39, 0.29) is 24.7 Å². The standard InChI is InChI=1S/C18H24BrN3O3/c1-11-7-12(2)10-22(9-11)18(25)14-8-13(19)3-4-15(14)21-17(24)6-5-16(20)23/h3-4,8,11-12H,5-7,9-10H2,1-2H3,(H2,20,23)(H,21,24)/t11-,12+. The summed E-state index contributed by atoms with van der Waals surface area (Å²) in [7, 11) is 0. The molecule has 0 aromatic heterocycles. The van der Waals surface area contributed by atoms with Crippen LogP contribution in [0.2, 0.25) is 0 Å². The number of likely N-dealkylation sites (tertiary alicyclic amines) is 1. The molecule has 3 N–H and O–H groups in total. The predicted molar refractivity (Wildman–Crippen MR) is 100 cm³/mol. The Hall–Kier alpha value is -1.89. The van der Waals surface area contributed by atoms with E-state index in [1.165, 1.54) is 0 Å².